The molecule has 0 aliphatic heterocycles. The molecule has 0 unspecified atom stereocenters. The maximum Gasteiger partial charge on any atom is 0.270 e. The van der Waals surface area contributed by atoms with Gasteiger partial charge in [0, 0.05) is 43.9 Å². The van der Waals surface area contributed by atoms with Crippen molar-refractivity contribution in [2.24, 2.45) is 0 Å². The first kappa shape index (κ1) is 23.3. The minimum absolute atomic E-state index is 0.0180. The van der Waals surface area contributed by atoms with Crippen LogP contribution in [0.15, 0.2) is 66.2 Å². The van der Waals surface area contributed by atoms with E-state index in [0.29, 0.717) is 31.9 Å². The highest BCUT2D eigenvalue weighted by molar-refractivity contribution is 6.35. The van der Waals surface area contributed by atoms with E-state index >= 15 is 0 Å². The Kier molecular flexibility index (Phi) is 7.49. The summed E-state index contributed by atoms with van der Waals surface area (Å²) in [6.45, 7) is 0.110. The van der Waals surface area contributed by atoms with Crippen molar-refractivity contribution in [3.8, 4) is 11.8 Å². The van der Waals surface area contributed by atoms with E-state index in [-0.39, 0.29) is 23.4 Å². The van der Waals surface area contributed by atoms with E-state index in [1.54, 1.807) is 36.4 Å². The summed E-state index contributed by atoms with van der Waals surface area (Å²) in [5.41, 5.74) is 0.610. The number of hydrogen-bond donors (Lipinski definition) is 0. The molecule has 0 N–H and O–H groups in total. The van der Waals surface area contributed by atoms with Crippen LogP contribution in [0.3, 0.4) is 0 Å². The van der Waals surface area contributed by atoms with E-state index in [1.807, 2.05) is 6.07 Å². The number of non-ortho nitro benzene ring substituents is 1. The number of allylic oxidation sites excluding steroid dienone is 1. The zero-order chi connectivity index (χ0) is 23.3. The SMILES string of the molecule is N#CC(=Cc1cc(Cl)ccc1OCc1ccc(Cl)cc1Cl)C(=O)c1cccc([N+](=O)[O-])c1. The van der Waals surface area contributed by atoms with E-state index < -0.39 is 10.7 Å². The molecule has 3 aromatic carbocycles. The number of hydrogen-bond acceptors (Lipinski definition) is 5. The summed E-state index contributed by atoms with van der Waals surface area (Å²) in [6.07, 6.45) is 1.33. The molecule has 0 heterocycles. The van der Waals surface area contributed by atoms with Crippen LogP contribution in [0.2, 0.25) is 15.1 Å². The number of ketones is 1. The highest BCUT2D eigenvalue weighted by Gasteiger charge is 2.17. The van der Waals surface area contributed by atoms with Crippen molar-refractivity contribution >= 4 is 52.3 Å². The highest BCUT2D eigenvalue weighted by atomic mass is 35.5. The quantitative estimate of drug-likeness (QED) is 0.118. The van der Waals surface area contributed by atoms with Gasteiger partial charge in [-0.1, -0.05) is 53.0 Å². The maximum absolute atomic E-state index is 12.8. The number of Topliss-reactive ketones (excluding diaryl/α,β-unsaturated/α-hetero) is 1. The molecule has 3 rings (SSSR count). The Hall–Kier alpha value is -3.37. The molecule has 0 spiro atoms. The smallest absolute Gasteiger partial charge is 0.270 e. The molecule has 0 aliphatic carbocycles. The summed E-state index contributed by atoms with van der Waals surface area (Å²) < 4.78 is 5.84. The van der Waals surface area contributed by atoms with Gasteiger partial charge in [0.05, 0.1) is 4.92 Å². The number of nitriles is 1. The molecule has 0 saturated heterocycles. The van der Waals surface area contributed by atoms with Crippen LogP contribution in [0.5, 0.6) is 5.75 Å². The number of carbonyl (C=O) groups is 1. The van der Waals surface area contributed by atoms with Gasteiger partial charge >= 0.3 is 0 Å². The average Bonchev–Trinajstić information content (AvgIpc) is 2.77. The summed E-state index contributed by atoms with van der Waals surface area (Å²) in [4.78, 5) is 23.2. The minimum Gasteiger partial charge on any atom is -0.488 e. The average molecular weight is 488 g/mol. The van der Waals surface area contributed by atoms with Crippen LogP contribution in [-0.4, -0.2) is 10.7 Å². The molecule has 0 atom stereocenters. The molecule has 0 amide bonds. The van der Waals surface area contributed by atoms with E-state index in [4.69, 9.17) is 39.5 Å². The molecule has 0 bridgehead atoms. The second-order valence-electron chi connectivity index (χ2n) is 6.51. The molecule has 0 saturated carbocycles. The number of nitro benzene ring substituents is 1. The van der Waals surface area contributed by atoms with Crippen molar-refractivity contribution in [2.45, 2.75) is 6.61 Å². The van der Waals surface area contributed by atoms with Crippen LogP contribution in [0.4, 0.5) is 5.69 Å². The van der Waals surface area contributed by atoms with Crippen molar-refractivity contribution in [1.29, 1.82) is 5.26 Å². The van der Waals surface area contributed by atoms with Gasteiger partial charge in [0.25, 0.3) is 5.69 Å². The van der Waals surface area contributed by atoms with Gasteiger partial charge in [-0.3, -0.25) is 14.9 Å². The van der Waals surface area contributed by atoms with Gasteiger partial charge in [-0.2, -0.15) is 5.26 Å². The molecular weight excluding hydrogens is 475 g/mol. The number of halogens is 3. The summed E-state index contributed by atoms with van der Waals surface area (Å²) in [6, 6.07) is 16.7. The third-order valence-corrected chi connectivity index (χ3v) is 5.18. The largest absolute Gasteiger partial charge is 0.488 e. The topological polar surface area (TPSA) is 93.2 Å². The Bertz CT molecular complexity index is 1280. The number of rotatable bonds is 7. The van der Waals surface area contributed by atoms with Crippen LogP contribution in [-0.2, 0) is 6.61 Å². The first-order chi connectivity index (χ1) is 15.3. The first-order valence-electron chi connectivity index (χ1n) is 9.05. The van der Waals surface area contributed by atoms with Crippen molar-refractivity contribution < 1.29 is 14.5 Å². The zero-order valence-electron chi connectivity index (χ0n) is 16.2. The predicted molar refractivity (Wildman–Crippen MR) is 123 cm³/mol. The lowest BCUT2D eigenvalue weighted by Crippen LogP contribution is -2.03. The van der Waals surface area contributed by atoms with Crippen LogP contribution >= 0.6 is 34.8 Å². The Morgan fingerprint density at radius 1 is 1.06 bits per heavy atom. The van der Waals surface area contributed by atoms with Crippen LogP contribution in [0.1, 0.15) is 21.5 Å². The lowest BCUT2D eigenvalue weighted by Gasteiger charge is -2.11. The van der Waals surface area contributed by atoms with Gasteiger partial charge in [0.2, 0.25) is 5.78 Å². The van der Waals surface area contributed by atoms with Gasteiger partial charge in [-0.15, -0.1) is 0 Å². The molecule has 0 aliphatic rings. The molecule has 9 heteroatoms. The molecule has 32 heavy (non-hydrogen) atoms. The fourth-order valence-electron chi connectivity index (χ4n) is 2.78. The summed E-state index contributed by atoms with van der Waals surface area (Å²) >= 11 is 18.2. The van der Waals surface area contributed by atoms with Crippen LogP contribution < -0.4 is 4.74 Å². The Labute approximate surface area is 198 Å². The summed E-state index contributed by atoms with van der Waals surface area (Å²) in [5.74, 6) is -0.303. The third kappa shape index (κ3) is 5.65. The van der Waals surface area contributed by atoms with Crippen molar-refractivity contribution in [1.82, 2.24) is 0 Å². The fraction of sp³-hybridized carbons (Fsp3) is 0.0435. The number of nitro groups is 1. The molecule has 6 nitrogen and oxygen atoms in total. The lowest BCUT2D eigenvalue weighted by molar-refractivity contribution is -0.384. The van der Waals surface area contributed by atoms with E-state index in [9.17, 15) is 20.2 Å². The third-order valence-electron chi connectivity index (χ3n) is 4.35. The van der Waals surface area contributed by atoms with E-state index in [1.165, 1.54) is 24.3 Å². The van der Waals surface area contributed by atoms with Crippen molar-refractivity contribution in [3.63, 3.8) is 0 Å². The second kappa shape index (κ2) is 10.3. The fourth-order valence-corrected chi connectivity index (χ4v) is 3.42. The van der Waals surface area contributed by atoms with Gasteiger partial charge < -0.3 is 4.74 Å². The molecule has 0 aromatic heterocycles. The molecule has 160 valence electrons. The summed E-state index contributed by atoms with van der Waals surface area (Å²) in [5, 5.41) is 21.8. The predicted octanol–water partition coefficient (Wildman–Crippen LogP) is 6.92. The first-order valence-corrected chi connectivity index (χ1v) is 10.2. The number of nitrogens with zero attached hydrogens (tertiary/aromatic N) is 2. The van der Waals surface area contributed by atoms with Gasteiger partial charge in [0.1, 0.15) is 24.0 Å². The minimum atomic E-state index is -0.664. The normalized spacial score (nSPS) is 11.0. The number of carbonyl (C=O) groups excluding carboxylic acids is 1. The maximum atomic E-state index is 12.8. The number of ether oxygens (including phenoxy) is 1. The lowest BCUT2D eigenvalue weighted by atomic mass is 10.0. The van der Waals surface area contributed by atoms with E-state index in [2.05, 4.69) is 0 Å². The van der Waals surface area contributed by atoms with Gasteiger partial charge in [-0.25, -0.2) is 0 Å². The Balaban J connectivity index is 1.92. The van der Waals surface area contributed by atoms with Crippen molar-refractivity contribution in [2.75, 3.05) is 0 Å². The standard InChI is InChI=1S/C23H13Cl3N2O4/c24-18-6-7-22(32-13-15-4-5-19(25)11-21(15)26)16(9-18)8-17(12-27)23(29)14-2-1-3-20(10-14)28(30)31/h1-11H,13H2. The second-order valence-corrected chi connectivity index (χ2v) is 7.79. The number of benzene rings is 3. The zero-order valence-corrected chi connectivity index (χ0v) is 18.5. The Morgan fingerprint density at radius 2 is 1.78 bits per heavy atom. The Morgan fingerprint density at radius 3 is 2.47 bits per heavy atom. The molecular formula is C23H13Cl3N2O4. The molecule has 0 radical (unpaired) electrons. The van der Waals surface area contributed by atoms with Gasteiger partial charge in [0.15, 0.2) is 0 Å². The molecule has 3 aromatic rings. The summed E-state index contributed by atoms with van der Waals surface area (Å²) in [7, 11) is 0. The monoisotopic (exact) mass is 486 g/mol. The molecule has 0 fully saturated rings. The highest BCUT2D eigenvalue weighted by Crippen LogP contribution is 2.29. The van der Waals surface area contributed by atoms with Crippen molar-refractivity contribution in [3.05, 3.63) is 108 Å². The van der Waals surface area contributed by atoms with Crippen LogP contribution in [0.25, 0.3) is 6.08 Å². The van der Waals surface area contributed by atoms with Gasteiger partial charge in [-0.05, 0) is 36.4 Å². The van der Waals surface area contributed by atoms with E-state index in [0.717, 1.165) is 6.07 Å². The van der Waals surface area contributed by atoms with Crippen LogP contribution in [0, 0.1) is 21.4 Å².